The largest absolute Gasteiger partial charge is 0.329 e. The van der Waals surface area contributed by atoms with Crippen molar-refractivity contribution in [2.45, 2.75) is 25.3 Å². The smallest absolute Gasteiger partial charge is 0.257 e. The molecule has 0 N–H and O–H groups in total. The van der Waals surface area contributed by atoms with Crippen LogP contribution in [0.3, 0.4) is 0 Å². The van der Waals surface area contributed by atoms with E-state index in [4.69, 9.17) is 0 Å². The first-order chi connectivity index (χ1) is 15.5. The summed E-state index contributed by atoms with van der Waals surface area (Å²) < 4.78 is 0.861. The van der Waals surface area contributed by atoms with Crippen molar-refractivity contribution in [1.82, 2.24) is 4.90 Å². The Morgan fingerprint density at radius 2 is 1.47 bits per heavy atom. The molecule has 1 unspecified atom stereocenters. The maximum atomic E-state index is 13.3. The molecule has 0 saturated carbocycles. The molecule has 1 aliphatic heterocycles. The van der Waals surface area contributed by atoms with Gasteiger partial charge in [0.2, 0.25) is 11.8 Å². The minimum Gasteiger partial charge on any atom is -0.329 e. The monoisotopic (exact) mass is 490 g/mol. The van der Waals surface area contributed by atoms with Crippen LogP contribution < -0.4 is 4.90 Å². The minimum atomic E-state index is -0.800. The number of benzene rings is 3. The van der Waals surface area contributed by atoms with Crippen LogP contribution in [-0.4, -0.2) is 35.2 Å². The number of halogens is 1. The predicted octanol–water partition coefficient (Wildman–Crippen LogP) is 4.40. The van der Waals surface area contributed by atoms with Crippen molar-refractivity contribution in [1.29, 1.82) is 0 Å². The molecule has 1 atom stereocenters. The van der Waals surface area contributed by atoms with Gasteiger partial charge in [-0.1, -0.05) is 76.6 Å². The van der Waals surface area contributed by atoms with Crippen molar-refractivity contribution < 1.29 is 14.4 Å². The molecule has 1 saturated heterocycles. The van der Waals surface area contributed by atoms with Crippen LogP contribution in [-0.2, 0) is 27.2 Å². The van der Waals surface area contributed by atoms with Gasteiger partial charge in [-0.2, -0.15) is 0 Å². The molecule has 3 amide bonds. The Hall–Kier alpha value is -3.25. The highest BCUT2D eigenvalue weighted by Crippen LogP contribution is 2.27. The number of imide groups is 1. The summed E-state index contributed by atoms with van der Waals surface area (Å²) in [6.07, 6.45) is 0.785. The van der Waals surface area contributed by atoms with Crippen molar-refractivity contribution in [2.24, 2.45) is 0 Å². The lowest BCUT2D eigenvalue weighted by molar-refractivity contribution is -0.137. The zero-order valence-corrected chi connectivity index (χ0v) is 19.1. The van der Waals surface area contributed by atoms with Gasteiger partial charge in [-0.15, -0.1) is 0 Å². The van der Waals surface area contributed by atoms with Gasteiger partial charge in [0, 0.05) is 11.0 Å². The van der Waals surface area contributed by atoms with Crippen LogP contribution in [0.25, 0.3) is 0 Å². The molecule has 162 valence electrons. The highest BCUT2D eigenvalue weighted by molar-refractivity contribution is 9.10. The Morgan fingerprint density at radius 1 is 0.875 bits per heavy atom. The number of carbonyl (C=O) groups is 3. The second kappa shape index (κ2) is 9.92. The molecule has 4 rings (SSSR count). The molecule has 0 aliphatic carbocycles. The number of hydrogen-bond acceptors (Lipinski definition) is 3. The van der Waals surface area contributed by atoms with E-state index in [-0.39, 0.29) is 30.6 Å². The van der Waals surface area contributed by atoms with Gasteiger partial charge in [-0.05, 0) is 41.8 Å². The van der Waals surface area contributed by atoms with Gasteiger partial charge in [0.25, 0.3) is 5.91 Å². The van der Waals surface area contributed by atoms with Crippen LogP contribution in [0.2, 0.25) is 0 Å². The number of carbonyl (C=O) groups excluding carboxylic acids is 3. The first-order valence-electron chi connectivity index (χ1n) is 10.5. The van der Waals surface area contributed by atoms with Crippen LogP contribution in [0.1, 0.15) is 17.5 Å². The Morgan fingerprint density at radius 3 is 2.09 bits per heavy atom. The summed E-state index contributed by atoms with van der Waals surface area (Å²) in [6, 6.07) is 25.5. The zero-order valence-electron chi connectivity index (χ0n) is 17.5. The van der Waals surface area contributed by atoms with Gasteiger partial charge in [-0.25, -0.2) is 4.90 Å². The first-order valence-corrected chi connectivity index (χ1v) is 11.3. The summed E-state index contributed by atoms with van der Waals surface area (Å²) in [5.41, 5.74) is 2.47. The van der Waals surface area contributed by atoms with Crippen molar-refractivity contribution in [3.63, 3.8) is 0 Å². The van der Waals surface area contributed by atoms with E-state index in [1.165, 1.54) is 4.90 Å². The van der Waals surface area contributed by atoms with Gasteiger partial charge in [0.1, 0.15) is 6.04 Å². The molecule has 0 radical (unpaired) electrons. The molecule has 3 aromatic carbocycles. The molecule has 1 aliphatic rings. The van der Waals surface area contributed by atoms with Crippen LogP contribution in [0.5, 0.6) is 0 Å². The van der Waals surface area contributed by atoms with Gasteiger partial charge in [0.15, 0.2) is 0 Å². The molecular formula is C26H23BrN2O3. The standard InChI is InChI=1S/C26H23BrN2O3/c27-21-11-13-22(14-12-21)29-25(31)18-23(26(29)32)28(16-15-19-7-3-1-4-8-19)24(30)17-20-9-5-2-6-10-20/h1-14,23H,15-18H2. The number of amides is 3. The number of anilines is 1. The molecule has 6 heteroatoms. The second-order valence-corrected chi connectivity index (χ2v) is 8.66. The Bertz CT molecular complexity index is 1100. The molecule has 3 aromatic rings. The fourth-order valence-corrected chi connectivity index (χ4v) is 4.21. The molecule has 1 fully saturated rings. The van der Waals surface area contributed by atoms with Crippen molar-refractivity contribution in [2.75, 3.05) is 11.4 Å². The second-order valence-electron chi connectivity index (χ2n) is 7.75. The highest BCUT2D eigenvalue weighted by Gasteiger charge is 2.44. The maximum absolute atomic E-state index is 13.3. The maximum Gasteiger partial charge on any atom is 0.257 e. The minimum absolute atomic E-state index is 0.00971. The van der Waals surface area contributed by atoms with Crippen LogP contribution in [0.15, 0.2) is 89.4 Å². The van der Waals surface area contributed by atoms with E-state index in [1.807, 2.05) is 60.7 Å². The normalized spacial score (nSPS) is 15.8. The summed E-state index contributed by atoms with van der Waals surface area (Å²) in [7, 11) is 0. The summed E-state index contributed by atoms with van der Waals surface area (Å²) >= 11 is 3.37. The van der Waals surface area contributed by atoms with Crippen LogP contribution in [0.4, 0.5) is 5.69 Å². The third-order valence-electron chi connectivity index (χ3n) is 5.59. The fourth-order valence-electron chi connectivity index (χ4n) is 3.94. The highest BCUT2D eigenvalue weighted by atomic mass is 79.9. The topological polar surface area (TPSA) is 57.7 Å². The molecule has 0 aromatic heterocycles. The summed E-state index contributed by atoms with van der Waals surface area (Å²) in [6.45, 7) is 0.369. The van der Waals surface area contributed by atoms with E-state index in [2.05, 4.69) is 15.9 Å². The van der Waals surface area contributed by atoms with Crippen LogP contribution in [0, 0.1) is 0 Å². The molecule has 32 heavy (non-hydrogen) atoms. The van der Waals surface area contributed by atoms with E-state index in [1.54, 1.807) is 29.2 Å². The predicted molar refractivity (Wildman–Crippen MR) is 127 cm³/mol. The molecule has 0 spiro atoms. The first kappa shape index (κ1) is 22.0. The van der Waals surface area contributed by atoms with Gasteiger partial charge in [-0.3, -0.25) is 14.4 Å². The summed E-state index contributed by atoms with van der Waals surface area (Å²) in [4.78, 5) is 42.2. The quantitative estimate of drug-likeness (QED) is 0.461. The lowest BCUT2D eigenvalue weighted by Crippen LogP contribution is -2.47. The van der Waals surface area contributed by atoms with Gasteiger partial charge >= 0.3 is 0 Å². The van der Waals surface area contributed by atoms with E-state index in [0.29, 0.717) is 18.7 Å². The molecule has 5 nitrogen and oxygen atoms in total. The van der Waals surface area contributed by atoms with E-state index in [9.17, 15) is 14.4 Å². The molecular weight excluding hydrogens is 468 g/mol. The third-order valence-corrected chi connectivity index (χ3v) is 6.12. The summed E-state index contributed by atoms with van der Waals surface area (Å²) in [5, 5.41) is 0. The average Bonchev–Trinajstić information content (AvgIpc) is 3.09. The summed E-state index contributed by atoms with van der Waals surface area (Å²) in [5.74, 6) is -0.803. The van der Waals surface area contributed by atoms with Gasteiger partial charge < -0.3 is 4.90 Å². The van der Waals surface area contributed by atoms with E-state index < -0.39 is 6.04 Å². The Labute approximate surface area is 195 Å². The third kappa shape index (κ3) is 4.97. The van der Waals surface area contributed by atoms with Crippen molar-refractivity contribution >= 4 is 39.3 Å². The number of rotatable bonds is 7. The van der Waals surface area contributed by atoms with Crippen LogP contribution >= 0.6 is 15.9 Å². The zero-order chi connectivity index (χ0) is 22.5. The average molecular weight is 491 g/mol. The fraction of sp³-hybridized carbons (Fsp3) is 0.192. The molecule has 1 heterocycles. The SMILES string of the molecule is O=C1CC(N(CCc2ccccc2)C(=O)Cc2ccccc2)C(=O)N1c1ccc(Br)cc1. The number of nitrogens with zero attached hydrogens (tertiary/aromatic N) is 2. The molecule has 0 bridgehead atoms. The Balaban J connectivity index is 1.58. The van der Waals surface area contributed by atoms with Crippen molar-refractivity contribution in [3.05, 3.63) is 101 Å². The van der Waals surface area contributed by atoms with Crippen molar-refractivity contribution in [3.8, 4) is 0 Å². The number of hydrogen-bond donors (Lipinski definition) is 0. The lowest BCUT2D eigenvalue weighted by Gasteiger charge is -2.28. The van der Waals surface area contributed by atoms with Gasteiger partial charge in [0.05, 0.1) is 18.5 Å². The van der Waals surface area contributed by atoms with E-state index >= 15 is 0 Å². The lowest BCUT2D eigenvalue weighted by atomic mass is 10.1. The van der Waals surface area contributed by atoms with E-state index in [0.717, 1.165) is 15.6 Å². The Kier molecular flexibility index (Phi) is 6.81.